The first kappa shape index (κ1) is 23.8. The van der Waals surface area contributed by atoms with Gasteiger partial charge in [0.1, 0.15) is 0 Å². The number of carbonyl (C=O) groups is 2. The number of carbonyl (C=O) groups excluding carboxylic acids is 2. The van der Waals surface area contributed by atoms with Crippen molar-refractivity contribution in [2.24, 2.45) is 7.05 Å². The number of hydrogen-bond acceptors (Lipinski definition) is 7. The molecular formula is C24H20ClN5O5. The van der Waals surface area contributed by atoms with Crippen molar-refractivity contribution in [3.8, 4) is 11.3 Å². The molecule has 0 spiro atoms. The summed E-state index contributed by atoms with van der Waals surface area (Å²) in [5, 5.41) is 18.5. The average molecular weight is 494 g/mol. The van der Waals surface area contributed by atoms with Gasteiger partial charge in [0.05, 0.1) is 38.0 Å². The highest BCUT2D eigenvalue weighted by Gasteiger charge is 2.25. The molecule has 35 heavy (non-hydrogen) atoms. The molecule has 2 aromatic heterocycles. The summed E-state index contributed by atoms with van der Waals surface area (Å²) in [7, 11) is 1.73. The van der Waals surface area contributed by atoms with Crippen molar-refractivity contribution in [1.82, 2.24) is 14.8 Å². The van der Waals surface area contributed by atoms with E-state index in [2.05, 4.69) is 15.4 Å². The van der Waals surface area contributed by atoms with Crippen LogP contribution in [0.5, 0.6) is 0 Å². The highest BCUT2D eigenvalue weighted by atomic mass is 35.5. The fourth-order valence-electron chi connectivity index (χ4n) is 3.60. The number of nitrogens with one attached hydrogen (secondary N) is 1. The lowest BCUT2D eigenvalue weighted by atomic mass is 10.1. The zero-order chi connectivity index (χ0) is 25.3. The number of amides is 1. The average Bonchev–Trinajstić information content (AvgIpc) is 3.13. The molecule has 0 bridgehead atoms. The molecule has 1 unspecified atom stereocenters. The van der Waals surface area contributed by atoms with E-state index in [1.807, 2.05) is 30.3 Å². The van der Waals surface area contributed by atoms with Gasteiger partial charge >= 0.3 is 5.97 Å². The standard InChI is InChI=1S/C24H20ClN5O5/c1-13-21-17(12-19(15-7-5-4-6-8-15)26-22(21)29(3)28-13)24(32)35-14(2)23(31)27-20-11-16(30(33)34)9-10-18(20)25/h4-12,14H,1-3H3,(H,27,31). The maximum Gasteiger partial charge on any atom is 0.339 e. The molecule has 10 nitrogen and oxygen atoms in total. The number of pyridine rings is 1. The van der Waals surface area contributed by atoms with Crippen molar-refractivity contribution in [3.63, 3.8) is 0 Å². The quantitative estimate of drug-likeness (QED) is 0.234. The minimum absolute atomic E-state index is 0.0366. The summed E-state index contributed by atoms with van der Waals surface area (Å²) in [5.74, 6) is -1.43. The van der Waals surface area contributed by atoms with E-state index in [1.54, 1.807) is 24.7 Å². The van der Waals surface area contributed by atoms with Gasteiger partial charge in [-0.2, -0.15) is 5.10 Å². The van der Waals surface area contributed by atoms with Gasteiger partial charge in [0.2, 0.25) is 0 Å². The Balaban J connectivity index is 1.63. The van der Waals surface area contributed by atoms with E-state index in [0.29, 0.717) is 22.4 Å². The number of hydrogen-bond donors (Lipinski definition) is 1. The predicted molar refractivity (Wildman–Crippen MR) is 130 cm³/mol. The summed E-state index contributed by atoms with van der Waals surface area (Å²) in [5.41, 5.74) is 2.44. The second-order valence-corrected chi connectivity index (χ2v) is 8.19. The third-order valence-corrected chi connectivity index (χ3v) is 5.66. The molecular weight excluding hydrogens is 474 g/mol. The number of rotatable bonds is 6. The fourth-order valence-corrected chi connectivity index (χ4v) is 3.76. The van der Waals surface area contributed by atoms with Gasteiger partial charge in [0.25, 0.3) is 11.6 Å². The van der Waals surface area contributed by atoms with Crippen LogP contribution < -0.4 is 5.32 Å². The maximum absolute atomic E-state index is 13.2. The molecule has 0 fully saturated rings. The molecule has 0 aliphatic heterocycles. The van der Waals surface area contributed by atoms with Crippen LogP contribution in [-0.2, 0) is 16.6 Å². The van der Waals surface area contributed by atoms with Crippen molar-refractivity contribution in [2.75, 3.05) is 5.32 Å². The van der Waals surface area contributed by atoms with E-state index in [1.165, 1.54) is 19.1 Å². The van der Waals surface area contributed by atoms with Crippen molar-refractivity contribution < 1.29 is 19.2 Å². The van der Waals surface area contributed by atoms with Crippen LogP contribution in [0.3, 0.4) is 0 Å². The topological polar surface area (TPSA) is 129 Å². The number of benzene rings is 2. The number of nitro groups is 1. The molecule has 0 aliphatic rings. The van der Waals surface area contributed by atoms with Gasteiger partial charge in [0.15, 0.2) is 11.8 Å². The van der Waals surface area contributed by atoms with Crippen LogP contribution in [-0.4, -0.2) is 37.7 Å². The van der Waals surface area contributed by atoms with E-state index in [4.69, 9.17) is 16.3 Å². The van der Waals surface area contributed by atoms with Crippen molar-refractivity contribution in [3.05, 3.63) is 81.0 Å². The van der Waals surface area contributed by atoms with Crippen LogP contribution >= 0.6 is 11.6 Å². The molecule has 11 heteroatoms. The Morgan fingerprint density at radius 1 is 1.17 bits per heavy atom. The maximum atomic E-state index is 13.2. The summed E-state index contributed by atoms with van der Waals surface area (Å²) in [6.07, 6.45) is -1.22. The molecule has 4 rings (SSSR count). The number of aromatic nitrogens is 3. The van der Waals surface area contributed by atoms with Gasteiger partial charge in [-0.1, -0.05) is 41.9 Å². The molecule has 2 heterocycles. The van der Waals surface area contributed by atoms with Crippen LogP contribution in [0.15, 0.2) is 54.6 Å². The summed E-state index contributed by atoms with van der Waals surface area (Å²) in [6, 6.07) is 14.6. The Kier molecular flexibility index (Phi) is 6.48. The molecule has 1 N–H and O–H groups in total. The summed E-state index contributed by atoms with van der Waals surface area (Å²) in [6.45, 7) is 3.15. The molecule has 2 aromatic carbocycles. The lowest BCUT2D eigenvalue weighted by Gasteiger charge is -2.15. The minimum Gasteiger partial charge on any atom is -0.449 e. The van der Waals surface area contributed by atoms with Gasteiger partial charge in [-0.15, -0.1) is 0 Å². The van der Waals surface area contributed by atoms with Crippen molar-refractivity contribution in [2.45, 2.75) is 20.0 Å². The predicted octanol–water partition coefficient (Wildman–Crippen LogP) is 4.69. The number of nitro benzene ring substituents is 1. The minimum atomic E-state index is -1.22. The largest absolute Gasteiger partial charge is 0.449 e. The Labute approximate surface area is 204 Å². The second kappa shape index (κ2) is 9.51. The molecule has 1 atom stereocenters. The van der Waals surface area contributed by atoms with E-state index < -0.39 is 22.9 Å². The monoisotopic (exact) mass is 493 g/mol. The van der Waals surface area contributed by atoms with Crippen LogP contribution in [0.1, 0.15) is 23.0 Å². The first-order valence-electron chi connectivity index (χ1n) is 10.5. The lowest BCUT2D eigenvalue weighted by molar-refractivity contribution is -0.384. The molecule has 0 radical (unpaired) electrons. The normalized spacial score (nSPS) is 11.8. The summed E-state index contributed by atoms with van der Waals surface area (Å²) >= 11 is 6.05. The van der Waals surface area contributed by atoms with Gasteiger partial charge in [-0.3, -0.25) is 19.6 Å². The van der Waals surface area contributed by atoms with Crippen LogP contribution in [0.4, 0.5) is 11.4 Å². The molecule has 4 aromatic rings. The third-order valence-electron chi connectivity index (χ3n) is 5.33. The highest BCUT2D eigenvalue weighted by molar-refractivity contribution is 6.33. The fraction of sp³-hybridized carbons (Fsp3) is 0.167. The lowest BCUT2D eigenvalue weighted by Crippen LogP contribution is -2.30. The van der Waals surface area contributed by atoms with Crippen LogP contribution in [0, 0.1) is 17.0 Å². The number of esters is 1. The van der Waals surface area contributed by atoms with Crippen LogP contribution in [0.25, 0.3) is 22.3 Å². The van der Waals surface area contributed by atoms with E-state index in [9.17, 15) is 19.7 Å². The SMILES string of the molecule is Cc1nn(C)c2nc(-c3ccccc3)cc(C(=O)OC(C)C(=O)Nc3cc([N+](=O)[O-])ccc3Cl)c12. The number of fused-ring (bicyclic) bond motifs is 1. The number of ether oxygens (including phenoxy) is 1. The summed E-state index contributed by atoms with van der Waals surface area (Å²) in [4.78, 5) is 41.0. The van der Waals surface area contributed by atoms with E-state index >= 15 is 0 Å². The first-order valence-corrected chi connectivity index (χ1v) is 10.9. The van der Waals surface area contributed by atoms with E-state index in [0.717, 1.165) is 11.6 Å². The highest BCUT2D eigenvalue weighted by Crippen LogP contribution is 2.29. The van der Waals surface area contributed by atoms with E-state index in [-0.39, 0.29) is 22.0 Å². The number of non-ortho nitro benzene ring substituents is 1. The molecule has 0 saturated carbocycles. The summed E-state index contributed by atoms with van der Waals surface area (Å²) < 4.78 is 7.04. The molecule has 178 valence electrons. The first-order chi connectivity index (χ1) is 16.7. The third kappa shape index (κ3) is 4.82. The second-order valence-electron chi connectivity index (χ2n) is 7.79. The smallest absolute Gasteiger partial charge is 0.339 e. The van der Waals surface area contributed by atoms with Crippen molar-refractivity contribution >= 4 is 45.9 Å². The molecule has 0 aliphatic carbocycles. The number of anilines is 1. The number of nitrogens with zero attached hydrogens (tertiary/aromatic N) is 4. The van der Waals surface area contributed by atoms with Gasteiger partial charge < -0.3 is 10.1 Å². The van der Waals surface area contributed by atoms with Crippen molar-refractivity contribution in [1.29, 1.82) is 0 Å². The Hall–Kier alpha value is -4.31. The Morgan fingerprint density at radius 2 is 1.89 bits per heavy atom. The Bertz CT molecular complexity index is 1470. The zero-order valence-corrected chi connectivity index (χ0v) is 19.7. The number of halogens is 1. The molecule has 1 amide bonds. The van der Waals surface area contributed by atoms with Gasteiger partial charge in [-0.25, -0.2) is 9.78 Å². The van der Waals surface area contributed by atoms with Gasteiger partial charge in [0, 0.05) is 24.7 Å². The van der Waals surface area contributed by atoms with Gasteiger partial charge in [-0.05, 0) is 26.0 Å². The molecule has 0 saturated heterocycles. The zero-order valence-electron chi connectivity index (χ0n) is 19.0. The number of aryl methyl sites for hydroxylation is 2. The van der Waals surface area contributed by atoms with Crippen LogP contribution in [0.2, 0.25) is 5.02 Å². The Morgan fingerprint density at radius 3 is 2.57 bits per heavy atom.